The van der Waals surface area contributed by atoms with Crippen LogP contribution in [0.1, 0.15) is 70.5 Å². The van der Waals surface area contributed by atoms with Crippen molar-refractivity contribution >= 4 is 46.1 Å². The molecule has 43 heavy (non-hydrogen) atoms. The van der Waals surface area contributed by atoms with Crippen molar-refractivity contribution in [1.82, 2.24) is 16.0 Å². The molecule has 2 amide bonds. The van der Waals surface area contributed by atoms with Gasteiger partial charge < -0.3 is 16.0 Å². The van der Waals surface area contributed by atoms with Gasteiger partial charge in [-0.1, -0.05) is 84.6 Å². The summed E-state index contributed by atoms with van der Waals surface area (Å²) in [5, 5.41) is 11.2. The molecule has 0 atom stereocenters. The molecule has 0 radical (unpaired) electrons. The van der Waals surface area contributed by atoms with Crippen molar-refractivity contribution in [2.45, 2.75) is 56.5 Å². The van der Waals surface area contributed by atoms with Crippen LogP contribution in [0.4, 0.5) is 0 Å². The first-order valence-electron chi connectivity index (χ1n) is 14.5. The number of carbonyl (C=O) groups excluding carboxylic acids is 3. The third-order valence-electron chi connectivity index (χ3n) is 7.87. The van der Waals surface area contributed by atoms with E-state index in [1.54, 1.807) is 12.1 Å². The zero-order chi connectivity index (χ0) is 30.2. The molecule has 0 spiro atoms. The molecule has 5 rings (SSSR count). The monoisotopic (exact) mass is 611 g/mol. The lowest BCUT2D eigenvalue weighted by Crippen LogP contribution is -2.39. The maximum atomic E-state index is 13.4. The number of rotatable bonds is 12. The first-order valence-corrected chi connectivity index (χ1v) is 15.7. The quantitative estimate of drug-likeness (QED) is 0.0991. The van der Waals surface area contributed by atoms with Crippen molar-refractivity contribution in [3.05, 3.63) is 111 Å². The first kappa shape index (κ1) is 30.3. The molecule has 3 aromatic rings. The fourth-order valence-corrected chi connectivity index (χ4v) is 6.08. The predicted octanol–water partition coefficient (Wildman–Crippen LogP) is 6.16. The number of amides is 2. The Bertz CT molecular complexity index is 1610. The molecule has 0 saturated heterocycles. The smallest absolute Gasteiger partial charge is 0.310 e. The minimum Gasteiger partial charge on any atom is -0.388 e. The second-order valence-corrected chi connectivity index (χ2v) is 12.2. The topological polar surface area (TPSA) is 87.3 Å². The van der Waals surface area contributed by atoms with Gasteiger partial charge in [-0.3, -0.25) is 14.4 Å². The molecular weight excluding hydrogens is 578 g/mol. The molecule has 1 heterocycles. The third-order valence-corrected chi connectivity index (χ3v) is 9.06. The maximum absolute atomic E-state index is 13.4. The van der Waals surface area contributed by atoms with Crippen molar-refractivity contribution < 1.29 is 14.4 Å². The SMILES string of the molecule is C=C/C(=C\NC1CC1)c1cccc(C2(CCC(=O)c3ccccc3CNC(=O)C(=O)NCC#Cc3cccs3)CC2)c1Cl. The van der Waals surface area contributed by atoms with E-state index in [-0.39, 0.29) is 24.3 Å². The number of hydrogen-bond donors (Lipinski definition) is 3. The van der Waals surface area contributed by atoms with Crippen LogP contribution in [0.3, 0.4) is 0 Å². The van der Waals surface area contributed by atoms with Crippen molar-refractivity contribution in [1.29, 1.82) is 0 Å². The highest BCUT2D eigenvalue weighted by atomic mass is 35.5. The summed E-state index contributed by atoms with van der Waals surface area (Å²) in [6.45, 7) is 4.12. The lowest BCUT2D eigenvalue weighted by molar-refractivity contribution is -0.139. The second kappa shape index (κ2) is 13.9. The van der Waals surface area contributed by atoms with E-state index < -0.39 is 11.8 Å². The number of benzene rings is 2. The van der Waals surface area contributed by atoms with Gasteiger partial charge in [-0.25, -0.2) is 0 Å². The zero-order valence-corrected chi connectivity index (χ0v) is 25.5. The molecule has 2 aromatic carbocycles. The van der Waals surface area contributed by atoms with E-state index in [2.05, 4.69) is 40.4 Å². The number of halogens is 1. The molecule has 220 valence electrons. The largest absolute Gasteiger partial charge is 0.388 e. The summed E-state index contributed by atoms with van der Waals surface area (Å²) in [5.41, 5.74) is 4.06. The van der Waals surface area contributed by atoms with Gasteiger partial charge in [0.25, 0.3) is 0 Å². The summed E-state index contributed by atoms with van der Waals surface area (Å²) in [4.78, 5) is 38.9. The Morgan fingerprint density at radius 1 is 1.00 bits per heavy atom. The fraction of sp³-hybridized carbons (Fsp3) is 0.286. The Morgan fingerprint density at radius 2 is 1.77 bits per heavy atom. The number of nitrogens with one attached hydrogen (secondary N) is 3. The van der Waals surface area contributed by atoms with Crippen LogP contribution in [0.25, 0.3) is 5.57 Å². The van der Waals surface area contributed by atoms with Crippen LogP contribution in [-0.4, -0.2) is 30.2 Å². The number of ketones is 1. The highest BCUT2D eigenvalue weighted by Gasteiger charge is 2.45. The Balaban J connectivity index is 1.18. The van der Waals surface area contributed by atoms with Crippen molar-refractivity contribution in [3.8, 4) is 11.8 Å². The number of carbonyl (C=O) groups is 3. The Labute approximate surface area is 261 Å². The normalized spacial score (nSPS) is 15.0. The van der Waals surface area contributed by atoms with E-state index in [1.807, 2.05) is 54.1 Å². The number of allylic oxidation sites excluding steroid dienone is 2. The van der Waals surface area contributed by atoms with E-state index in [0.29, 0.717) is 30.0 Å². The molecule has 2 fully saturated rings. The molecule has 1 aromatic heterocycles. The highest BCUT2D eigenvalue weighted by molar-refractivity contribution is 7.10. The van der Waals surface area contributed by atoms with E-state index in [1.165, 1.54) is 24.2 Å². The van der Waals surface area contributed by atoms with Crippen molar-refractivity contribution in [3.63, 3.8) is 0 Å². The lowest BCUT2D eigenvalue weighted by atomic mass is 9.87. The summed E-state index contributed by atoms with van der Waals surface area (Å²) >= 11 is 8.48. The molecule has 6 nitrogen and oxygen atoms in total. The molecule has 2 aliphatic carbocycles. The minimum absolute atomic E-state index is 0.00277. The fourth-order valence-electron chi connectivity index (χ4n) is 5.05. The van der Waals surface area contributed by atoms with Crippen LogP contribution in [-0.2, 0) is 21.5 Å². The molecule has 8 heteroatoms. The molecular formula is C35H34ClN3O3S. The average Bonchev–Trinajstić information content (AvgIpc) is 3.96. The Kier molecular flexibility index (Phi) is 9.81. The Hall–Kier alpha value is -4.12. The molecule has 0 unspecified atom stereocenters. The van der Waals surface area contributed by atoms with Gasteiger partial charge in [-0.2, -0.15) is 0 Å². The van der Waals surface area contributed by atoms with Crippen LogP contribution < -0.4 is 16.0 Å². The van der Waals surface area contributed by atoms with Gasteiger partial charge in [0.1, 0.15) is 0 Å². The summed E-state index contributed by atoms with van der Waals surface area (Å²) in [5.74, 6) is 4.21. The van der Waals surface area contributed by atoms with Gasteiger partial charge in [0.2, 0.25) is 0 Å². The van der Waals surface area contributed by atoms with Gasteiger partial charge in [-0.15, -0.1) is 11.3 Å². The van der Waals surface area contributed by atoms with Crippen LogP contribution in [0.5, 0.6) is 0 Å². The molecule has 0 aliphatic heterocycles. The van der Waals surface area contributed by atoms with Crippen molar-refractivity contribution in [2.75, 3.05) is 6.54 Å². The average molecular weight is 612 g/mol. The van der Waals surface area contributed by atoms with Crippen LogP contribution in [0, 0.1) is 11.8 Å². The van der Waals surface area contributed by atoms with Crippen LogP contribution in [0.2, 0.25) is 5.02 Å². The Morgan fingerprint density at radius 3 is 2.49 bits per heavy atom. The summed E-state index contributed by atoms with van der Waals surface area (Å²) in [6, 6.07) is 17.6. The summed E-state index contributed by atoms with van der Waals surface area (Å²) < 4.78 is 0. The number of Topliss-reactive ketones (excluding diaryl/α,β-unsaturated/α-hetero) is 1. The third kappa shape index (κ3) is 7.84. The maximum Gasteiger partial charge on any atom is 0.310 e. The van der Waals surface area contributed by atoms with E-state index in [0.717, 1.165) is 39.4 Å². The molecule has 2 saturated carbocycles. The molecule has 0 bridgehead atoms. The first-order chi connectivity index (χ1) is 20.9. The lowest BCUT2D eigenvalue weighted by Gasteiger charge is -2.20. The van der Waals surface area contributed by atoms with Crippen LogP contribution in [0.15, 0.2) is 78.8 Å². The van der Waals surface area contributed by atoms with E-state index >= 15 is 0 Å². The highest BCUT2D eigenvalue weighted by Crippen LogP contribution is 2.54. The van der Waals surface area contributed by atoms with Gasteiger partial charge in [0, 0.05) is 36.3 Å². The van der Waals surface area contributed by atoms with Gasteiger partial charge in [0.05, 0.1) is 16.4 Å². The number of hydrogen-bond acceptors (Lipinski definition) is 5. The van der Waals surface area contributed by atoms with E-state index in [4.69, 9.17) is 11.6 Å². The molecule has 2 aliphatic rings. The van der Waals surface area contributed by atoms with Crippen LogP contribution >= 0.6 is 22.9 Å². The second-order valence-electron chi connectivity index (χ2n) is 10.9. The standard InChI is InChI=1S/C35H34ClN3O3S/c1-2-24(22-38-26-14-15-26)29-12-5-13-30(32(29)36)35(18-19-35)17-16-31(40)28-11-4-3-8-25(28)23-39-34(42)33(41)37-20-6-9-27-10-7-21-43-27/h2-5,7-8,10-13,21-22,26,38H,1,14-20,23H2,(H,37,41)(H,39,42)/b24-22+. The van der Waals surface area contributed by atoms with Crippen molar-refractivity contribution in [2.24, 2.45) is 0 Å². The van der Waals surface area contributed by atoms with Gasteiger partial charge >= 0.3 is 11.8 Å². The van der Waals surface area contributed by atoms with Gasteiger partial charge in [0.15, 0.2) is 5.78 Å². The zero-order valence-electron chi connectivity index (χ0n) is 23.9. The predicted molar refractivity (Wildman–Crippen MR) is 173 cm³/mol. The number of thiophene rings is 1. The summed E-state index contributed by atoms with van der Waals surface area (Å²) in [6.07, 6.45) is 9.16. The summed E-state index contributed by atoms with van der Waals surface area (Å²) in [7, 11) is 0. The molecule has 3 N–H and O–H groups in total. The van der Waals surface area contributed by atoms with Gasteiger partial charge in [-0.05, 0) is 65.7 Å². The minimum atomic E-state index is -0.771. The van der Waals surface area contributed by atoms with E-state index in [9.17, 15) is 14.4 Å².